The second-order valence-electron chi connectivity index (χ2n) is 10.8. The summed E-state index contributed by atoms with van der Waals surface area (Å²) in [6, 6.07) is 0. The lowest BCUT2D eigenvalue weighted by molar-refractivity contribution is 0.0559. The Kier molecular flexibility index (Phi) is 15.0. The first-order chi connectivity index (χ1) is 21.0. The minimum Gasteiger partial charge on any atom is -0.274 e. The van der Waals surface area contributed by atoms with Gasteiger partial charge in [0.1, 0.15) is 0 Å². The van der Waals surface area contributed by atoms with Gasteiger partial charge in [-0.2, -0.15) is 0 Å². The molecular formula is C34H46Cl4N2O4. The minimum atomic E-state index is -0.622. The van der Waals surface area contributed by atoms with Gasteiger partial charge in [0.15, 0.2) is 0 Å². The van der Waals surface area contributed by atoms with Crippen LogP contribution in [0.3, 0.4) is 0 Å². The van der Waals surface area contributed by atoms with E-state index in [1.807, 2.05) is 41.5 Å². The first-order valence-electron chi connectivity index (χ1n) is 16.1. The number of hydrogen-bond acceptors (Lipinski definition) is 4. The summed E-state index contributed by atoms with van der Waals surface area (Å²) in [6.07, 6.45) is 7.16. The van der Waals surface area contributed by atoms with Crippen molar-refractivity contribution >= 4 is 80.8 Å². The van der Waals surface area contributed by atoms with Crippen molar-refractivity contribution in [2.75, 3.05) is 13.1 Å². The fourth-order valence-corrected chi connectivity index (χ4v) is 6.92. The average Bonchev–Trinajstić information content (AvgIpc) is 3.03. The van der Waals surface area contributed by atoms with E-state index in [0.29, 0.717) is 0 Å². The van der Waals surface area contributed by atoms with Crippen molar-refractivity contribution in [3.63, 3.8) is 0 Å². The van der Waals surface area contributed by atoms with Gasteiger partial charge in [0.2, 0.25) is 0 Å². The van der Waals surface area contributed by atoms with E-state index in [-0.39, 0.29) is 78.0 Å². The van der Waals surface area contributed by atoms with Crippen molar-refractivity contribution in [1.82, 2.24) is 9.80 Å². The van der Waals surface area contributed by atoms with Gasteiger partial charge in [0, 0.05) is 23.9 Å². The van der Waals surface area contributed by atoms with Gasteiger partial charge in [-0.15, -0.1) is 0 Å². The van der Waals surface area contributed by atoms with Crippen LogP contribution in [-0.4, -0.2) is 46.5 Å². The molecule has 2 heterocycles. The Hall–Kier alpha value is -1.86. The summed E-state index contributed by atoms with van der Waals surface area (Å²) in [5, 5.41) is -0.416. The smallest absolute Gasteiger partial charge is 0.262 e. The Bertz CT molecular complexity index is 1220. The molecule has 2 aromatic rings. The van der Waals surface area contributed by atoms with E-state index in [1.165, 1.54) is 0 Å². The molecule has 2 aliphatic heterocycles. The topological polar surface area (TPSA) is 74.8 Å². The molecule has 4 amide bonds. The highest BCUT2D eigenvalue weighted by Gasteiger charge is 2.46. The molecule has 2 atom stereocenters. The highest BCUT2D eigenvalue weighted by molar-refractivity contribution is 6.54. The van der Waals surface area contributed by atoms with E-state index >= 15 is 0 Å². The van der Waals surface area contributed by atoms with E-state index < -0.39 is 23.6 Å². The molecule has 0 spiro atoms. The van der Waals surface area contributed by atoms with Crippen molar-refractivity contribution in [1.29, 1.82) is 0 Å². The van der Waals surface area contributed by atoms with Gasteiger partial charge in [0.25, 0.3) is 23.6 Å². The summed E-state index contributed by atoms with van der Waals surface area (Å²) < 4.78 is 0. The van der Waals surface area contributed by atoms with E-state index in [4.69, 9.17) is 46.4 Å². The Morgan fingerprint density at radius 2 is 0.750 bits per heavy atom. The molecule has 0 aromatic heterocycles. The Labute approximate surface area is 282 Å². The summed E-state index contributed by atoms with van der Waals surface area (Å²) in [4.78, 5) is 57.7. The van der Waals surface area contributed by atoms with Gasteiger partial charge in [-0.1, -0.05) is 140 Å². The third-order valence-electron chi connectivity index (χ3n) is 8.32. The fourth-order valence-electron chi connectivity index (χ4n) is 5.84. The van der Waals surface area contributed by atoms with E-state index in [1.54, 1.807) is 0 Å². The zero-order valence-electron chi connectivity index (χ0n) is 27.3. The summed E-state index contributed by atoms with van der Waals surface area (Å²) >= 11 is 26.9. The normalized spacial score (nSPS) is 15.2. The molecule has 44 heavy (non-hydrogen) atoms. The van der Waals surface area contributed by atoms with Crippen LogP contribution < -0.4 is 0 Å². The second-order valence-corrected chi connectivity index (χ2v) is 12.3. The molecule has 0 aliphatic carbocycles. The maximum Gasteiger partial charge on any atom is 0.262 e. The number of carbonyl (C=O) groups is 4. The van der Waals surface area contributed by atoms with Crippen molar-refractivity contribution in [2.45, 2.75) is 107 Å². The first kappa shape index (κ1) is 38.3. The predicted molar refractivity (Wildman–Crippen MR) is 184 cm³/mol. The van der Waals surface area contributed by atoms with Crippen LogP contribution in [0.25, 0.3) is 10.8 Å². The average molecular weight is 689 g/mol. The van der Waals surface area contributed by atoms with Crippen LogP contribution in [0.4, 0.5) is 0 Å². The largest absolute Gasteiger partial charge is 0.274 e. The molecular weight excluding hydrogens is 642 g/mol. The first-order valence-corrected chi connectivity index (χ1v) is 17.6. The third-order valence-corrected chi connectivity index (χ3v) is 10.0. The molecule has 6 nitrogen and oxygen atoms in total. The van der Waals surface area contributed by atoms with Gasteiger partial charge < -0.3 is 0 Å². The maximum atomic E-state index is 13.9. The third kappa shape index (κ3) is 6.94. The van der Waals surface area contributed by atoms with Crippen molar-refractivity contribution in [3.8, 4) is 0 Å². The zero-order chi connectivity index (χ0) is 33.5. The molecule has 244 valence electrons. The monoisotopic (exact) mass is 686 g/mol. The lowest BCUT2D eigenvalue weighted by Gasteiger charge is -2.36. The van der Waals surface area contributed by atoms with Gasteiger partial charge in [-0.3, -0.25) is 29.0 Å². The lowest BCUT2D eigenvalue weighted by Crippen LogP contribution is -2.46. The van der Waals surface area contributed by atoms with Crippen LogP contribution in [0.5, 0.6) is 0 Å². The molecule has 0 bridgehead atoms. The van der Waals surface area contributed by atoms with Gasteiger partial charge in [-0.25, -0.2) is 0 Å². The molecule has 2 unspecified atom stereocenters. The van der Waals surface area contributed by atoms with E-state index in [0.717, 1.165) is 61.2 Å². The van der Waals surface area contributed by atoms with Crippen molar-refractivity contribution < 1.29 is 19.2 Å². The Balaban J connectivity index is 0.00000162. The number of unbranched alkanes of at least 4 members (excludes halogenated alkanes) is 2. The highest BCUT2D eigenvalue weighted by atomic mass is 35.5. The zero-order valence-corrected chi connectivity index (χ0v) is 30.3. The van der Waals surface area contributed by atoms with Gasteiger partial charge >= 0.3 is 0 Å². The second kappa shape index (κ2) is 17.2. The SMILES string of the molecule is CC.CC.CCCCC(CC)CN1C(=O)c2c(Cl)c(Cl)c3c4c(c(Cl)c(Cl)c(c24)C1=O)C(=O)N(CC(CC)CCCC)C3=O. The predicted octanol–water partition coefficient (Wildman–Crippen LogP) is 11.1. The highest BCUT2D eigenvalue weighted by Crippen LogP contribution is 2.50. The van der Waals surface area contributed by atoms with Crippen molar-refractivity contribution in [2.24, 2.45) is 11.8 Å². The van der Waals surface area contributed by atoms with Crippen LogP contribution in [0.1, 0.15) is 148 Å². The number of amides is 4. The number of hydrogen-bond donors (Lipinski definition) is 0. The van der Waals surface area contributed by atoms with Crippen LogP contribution in [0, 0.1) is 11.8 Å². The lowest BCUT2D eigenvalue weighted by atomic mass is 9.84. The summed E-state index contributed by atoms with van der Waals surface area (Å²) in [7, 11) is 0. The number of imide groups is 2. The number of nitrogens with zero attached hydrogens (tertiary/aromatic N) is 2. The number of rotatable bonds is 12. The van der Waals surface area contributed by atoms with Crippen LogP contribution in [-0.2, 0) is 0 Å². The van der Waals surface area contributed by atoms with Gasteiger partial charge in [0.05, 0.1) is 42.3 Å². The molecule has 10 heteroatoms. The number of halogens is 4. The van der Waals surface area contributed by atoms with E-state index in [9.17, 15) is 19.2 Å². The van der Waals surface area contributed by atoms with Gasteiger partial charge in [-0.05, 0) is 24.7 Å². The van der Waals surface area contributed by atoms with Crippen LogP contribution >= 0.6 is 46.4 Å². The molecule has 0 fully saturated rings. The molecule has 0 N–H and O–H groups in total. The quantitative estimate of drug-likeness (QED) is 0.208. The van der Waals surface area contributed by atoms with Crippen LogP contribution in [0.15, 0.2) is 0 Å². The molecule has 4 rings (SSSR count). The summed E-state index contributed by atoms with van der Waals surface area (Å²) in [6.45, 7) is 16.6. The summed E-state index contributed by atoms with van der Waals surface area (Å²) in [5.74, 6) is -2.32. The molecule has 0 radical (unpaired) electrons. The van der Waals surface area contributed by atoms with Crippen molar-refractivity contribution in [3.05, 3.63) is 42.3 Å². The van der Waals surface area contributed by atoms with Crippen LogP contribution in [0.2, 0.25) is 20.1 Å². The molecule has 2 aromatic carbocycles. The number of carbonyl (C=O) groups excluding carboxylic acids is 4. The fraction of sp³-hybridized carbons (Fsp3) is 0.588. The summed E-state index contributed by atoms with van der Waals surface area (Å²) in [5.41, 5.74) is -0.135. The Morgan fingerprint density at radius 3 is 0.955 bits per heavy atom. The molecule has 2 aliphatic rings. The Morgan fingerprint density at radius 1 is 0.500 bits per heavy atom. The molecule has 0 saturated carbocycles. The maximum absolute atomic E-state index is 13.9. The van der Waals surface area contributed by atoms with E-state index in [2.05, 4.69) is 13.8 Å². The number of benzene rings is 2. The molecule has 0 saturated heterocycles. The minimum absolute atomic E-state index is 0.0337. The standard InChI is InChI=1S/C30H34Cl4N2O4.2C2H6/c1-5-9-11-15(7-3)13-35-27(37)19-17-18-21(25(33)23(19)31)29(39)36(14-16(8-4)12-10-6-2)30(40)22(18)26(34)24(32)20(17)28(35)38;2*1-2/h15-16H,5-14H2,1-4H3;2*1-2H3.